The Labute approximate surface area is 127 Å². The summed E-state index contributed by atoms with van der Waals surface area (Å²) in [6.07, 6.45) is 16.3. The maximum absolute atomic E-state index is 2.35. The number of aryl methyl sites for hydroxylation is 2. The first kappa shape index (κ1) is 17.3. The monoisotopic (exact) mass is 274 g/mol. The molecule has 0 saturated heterocycles. The van der Waals surface area contributed by atoms with Gasteiger partial charge in [-0.05, 0) is 36.8 Å². The summed E-state index contributed by atoms with van der Waals surface area (Å²) in [5, 5.41) is 0. The Kier molecular flexibility index (Phi) is 10.4. The molecule has 114 valence electrons. The van der Waals surface area contributed by atoms with Crippen molar-refractivity contribution >= 4 is 0 Å². The maximum atomic E-state index is 2.35. The van der Waals surface area contributed by atoms with Crippen molar-refractivity contribution in [1.29, 1.82) is 0 Å². The molecule has 1 aromatic rings. The van der Waals surface area contributed by atoms with Crippen molar-refractivity contribution < 1.29 is 0 Å². The molecule has 1 aromatic carbocycles. The highest BCUT2D eigenvalue weighted by atomic mass is 14.0. The molecule has 20 heavy (non-hydrogen) atoms. The van der Waals surface area contributed by atoms with Gasteiger partial charge >= 0.3 is 0 Å². The second-order valence-electron chi connectivity index (χ2n) is 6.14. The summed E-state index contributed by atoms with van der Waals surface area (Å²) in [5.41, 5.74) is 3.05. The van der Waals surface area contributed by atoms with Gasteiger partial charge in [-0.25, -0.2) is 0 Å². The van der Waals surface area contributed by atoms with Crippen LogP contribution in [0.2, 0.25) is 0 Å². The first-order valence-corrected chi connectivity index (χ1v) is 8.94. The van der Waals surface area contributed by atoms with E-state index in [1.54, 1.807) is 0 Å². The van der Waals surface area contributed by atoms with Crippen molar-refractivity contribution in [2.75, 3.05) is 0 Å². The number of rotatable bonds is 12. The Hall–Kier alpha value is -0.780. The molecule has 0 saturated carbocycles. The molecule has 0 heteroatoms. The van der Waals surface area contributed by atoms with E-state index in [0.717, 1.165) is 0 Å². The molecule has 0 amide bonds. The molecular weight excluding hydrogens is 240 g/mol. The van der Waals surface area contributed by atoms with Gasteiger partial charge in [-0.1, -0.05) is 89.5 Å². The summed E-state index contributed by atoms with van der Waals surface area (Å²) in [6, 6.07) is 9.39. The van der Waals surface area contributed by atoms with Gasteiger partial charge in [0.05, 0.1) is 0 Å². The van der Waals surface area contributed by atoms with Crippen LogP contribution in [0.1, 0.15) is 89.2 Å². The lowest BCUT2D eigenvalue weighted by molar-refractivity contribution is 0.607. The Balaban J connectivity index is 2.12. The third kappa shape index (κ3) is 8.40. The topological polar surface area (TPSA) is 0 Å². The predicted octanol–water partition coefficient (Wildman–Crippen LogP) is 6.71. The highest BCUT2D eigenvalue weighted by molar-refractivity contribution is 5.22. The van der Waals surface area contributed by atoms with Crippen LogP contribution in [0.5, 0.6) is 0 Å². The Morgan fingerprint density at radius 1 is 0.500 bits per heavy atom. The lowest BCUT2D eigenvalue weighted by atomic mass is 10.0. The van der Waals surface area contributed by atoms with Crippen molar-refractivity contribution in [3.05, 3.63) is 35.4 Å². The highest BCUT2D eigenvalue weighted by Gasteiger charge is 1.97. The molecule has 0 N–H and O–H groups in total. The fourth-order valence-electron chi connectivity index (χ4n) is 2.74. The molecule has 0 nitrogen and oxygen atoms in total. The van der Waals surface area contributed by atoms with E-state index in [1.165, 1.54) is 88.2 Å². The van der Waals surface area contributed by atoms with Crippen molar-refractivity contribution in [2.24, 2.45) is 0 Å². The molecule has 0 heterocycles. The number of benzene rings is 1. The normalized spacial score (nSPS) is 10.9. The highest BCUT2D eigenvalue weighted by Crippen LogP contribution is 2.13. The number of hydrogen-bond acceptors (Lipinski definition) is 0. The number of unbranched alkanes of at least 4 members (excludes halogenated alkanes) is 8. The second-order valence-corrected chi connectivity index (χ2v) is 6.14. The predicted molar refractivity (Wildman–Crippen MR) is 91.4 cm³/mol. The van der Waals surface area contributed by atoms with Gasteiger partial charge in [-0.3, -0.25) is 0 Å². The van der Waals surface area contributed by atoms with Crippen LogP contribution in [-0.2, 0) is 12.8 Å². The van der Waals surface area contributed by atoms with E-state index in [-0.39, 0.29) is 0 Å². The minimum absolute atomic E-state index is 1.26. The first-order chi connectivity index (χ1) is 9.86. The summed E-state index contributed by atoms with van der Waals surface area (Å²) < 4.78 is 0. The van der Waals surface area contributed by atoms with E-state index in [1.807, 2.05) is 0 Å². The molecule has 0 radical (unpaired) electrons. The third-order valence-electron chi connectivity index (χ3n) is 4.16. The van der Waals surface area contributed by atoms with E-state index in [4.69, 9.17) is 0 Å². The molecule has 0 unspecified atom stereocenters. The van der Waals surface area contributed by atoms with Crippen LogP contribution in [0.25, 0.3) is 0 Å². The van der Waals surface area contributed by atoms with Crippen LogP contribution in [0.4, 0.5) is 0 Å². The van der Waals surface area contributed by atoms with Gasteiger partial charge in [0.2, 0.25) is 0 Å². The molecule has 0 spiro atoms. The minimum Gasteiger partial charge on any atom is -0.0654 e. The standard InChI is InChI=1S/C20H34/c1-3-5-7-9-10-12-14-20-17-15-19(16-18-20)13-11-8-6-4-2/h15-18H,3-14H2,1-2H3. The van der Waals surface area contributed by atoms with E-state index in [9.17, 15) is 0 Å². The summed E-state index contributed by atoms with van der Waals surface area (Å²) in [5.74, 6) is 0. The van der Waals surface area contributed by atoms with Crippen molar-refractivity contribution in [3.8, 4) is 0 Å². The lowest BCUT2D eigenvalue weighted by Gasteiger charge is -2.05. The average Bonchev–Trinajstić information content (AvgIpc) is 2.49. The summed E-state index contributed by atoms with van der Waals surface area (Å²) in [7, 11) is 0. The molecular formula is C20H34. The van der Waals surface area contributed by atoms with Crippen LogP contribution >= 0.6 is 0 Å². The molecule has 0 aromatic heterocycles. The van der Waals surface area contributed by atoms with Gasteiger partial charge in [0.1, 0.15) is 0 Å². The molecule has 0 bridgehead atoms. The minimum atomic E-state index is 1.26. The first-order valence-electron chi connectivity index (χ1n) is 8.94. The molecule has 0 fully saturated rings. The lowest BCUT2D eigenvalue weighted by Crippen LogP contribution is -1.89. The van der Waals surface area contributed by atoms with Crippen molar-refractivity contribution in [1.82, 2.24) is 0 Å². The maximum Gasteiger partial charge on any atom is -0.0279 e. The Morgan fingerprint density at radius 3 is 1.30 bits per heavy atom. The van der Waals surface area contributed by atoms with Crippen molar-refractivity contribution in [2.45, 2.75) is 90.9 Å². The fourth-order valence-corrected chi connectivity index (χ4v) is 2.74. The van der Waals surface area contributed by atoms with Gasteiger partial charge in [0.25, 0.3) is 0 Å². The fraction of sp³-hybridized carbons (Fsp3) is 0.700. The second kappa shape index (κ2) is 12.0. The molecule has 0 aliphatic carbocycles. The van der Waals surface area contributed by atoms with E-state index in [0.29, 0.717) is 0 Å². The van der Waals surface area contributed by atoms with Crippen LogP contribution in [0.15, 0.2) is 24.3 Å². The van der Waals surface area contributed by atoms with Gasteiger partial charge in [0.15, 0.2) is 0 Å². The summed E-state index contributed by atoms with van der Waals surface area (Å²) in [4.78, 5) is 0. The zero-order valence-corrected chi connectivity index (χ0v) is 13.8. The van der Waals surface area contributed by atoms with E-state index >= 15 is 0 Å². The summed E-state index contributed by atoms with van der Waals surface area (Å²) >= 11 is 0. The summed E-state index contributed by atoms with van der Waals surface area (Å²) in [6.45, 7) is 4.56. The van der Waals surface area contributed by atoms with Crippen molar-refractivity contribution in [3.63, 3.8) is 0 Å². The van der Waals surface area contributed by atoms with Gasteiger partial charge in [-0.15, -0.1) is 0 Å². The molecule has 1 rings (SSSR count). The zero-order valence-electron chi connectivity index (χ0n) is 13.8. The largest absolute Gasteiger partial charge is 0.0654 e. The SMILES string of the molecule is CCCCCCCCc1ccc(CCCCCC)cc1. The van der Waals surface area contributed by atoms with Gasteiger partial charge in [0, 0.05) is 0 Å². The Morgan fingerprint density at radius 2 is 0.850 bits per heavy atom. The molecule has 0 atom stereocenters. The van der Waals surface area contributed by atoms with Crippen LogP contribution < -0.4 is 0 Å². The van der Waals surface area contributed by atoms with E-state index < -0.39 is 0 Å². The van der Waals surface area contributed by atoms with Crippen LogP contribution in [0, 0.1) is 0 Å². The zero-order chi connectivity index (χ0) is 14.5. The average molecular weight is 274 g/mol. The molecule has 0 aliphatic heterocycles. The Bertz CT molecular complexity index is 309. The van der Waals surface area contributed by atoms with E-state index in [2.05, 4.69) is 38.1 Å². The molecule has 0 aliphatic rings. The quantitative estimate of drug-likeness (QED) is 0.371. The third-order valence-corrected chi connectivity index (χ3v) is 4.16. The van der Waals surface area contributed by atoms with Gasteiger partial charge in [-0.2, -0.15) is 0 Å². The smallest absolute Gasteiger partial charge is 0.0279 e. The van der Waals surface area contributed by atoms with Crippen LogP contribution in [0.3, 0.4) is 0 Å². The number of hydrogen-bond donors (Lipinski definition) is 0. The van der Waals surface area contributed by atoms with Crippen LogP contribution in [-0.4, -0.2) is 0 Å². The van der Waals surface area contributed by atoms with Gasteiger partial charge < -0.3 is 0 Å².